The molecule has 0 radical (unpaired) electrons. The van der Waals surface area contributed by atoms with Gasteiger partial charge in [-0.15, -0.1) is 0 Å². The predicted octanol–water partition coefficient (Wildman–Crippen LogP) is 5.16. The number of carbonyl (C=O) groups excluding carboxylic acids is 1. The van der Waals surface area contributed by atoms with E-state index < -0.39 is 9.84 Å². The van der Waals surface area contributed by atoms with Gasteiger partial charge in [-0.2, -0.15) is 0 Å². The molecule has 0 saturated heterocycles. The van der Waals surface area contributed by atoms with Crippen LogP contribution in [0.3, 0.4) is 0 Å². The Morgan fingerprint density at radius 2 is 1.48 bits per heavy atom. The predicted molar refractivity (Wildman–Crippen MR) is 123 cm³/mol. The SMILES string of the molecule is O=C(Nc1ccc2c3c(cccc13)CC2)c1ccc(CS(=O)(=O)c2ccccc2)cc1. The van der Waals surface area contributed by atoms with E-state index in [1.807, 2.05) is 18.2 Å². The fourth-order valence-corrected chi connectivity index (χ4v) is 5.60. The Hall–Kier alpha value is -3.44. The van der Waals surface area contributed by atoms with E-state index in [1.165, 1.54) is 16.5 Å². The summed E-state index contributed by atoms with van der Waals surface area (Å²) in [5.74, 6) is -0.315. The van der Waals surface area contributed by atoms with Crippen LogP contribution in [0.1, 0.15) is 27.0 Å². The van der Waals surface area contributed by atoms with Crippen molar-refractivity contribution in [3.8, 4) is 0 Å². The van der Waals surface area contributed by atoms with E-state index in [1.54, 1.807) is 54.6 Å². The summed E-state index contributed by atoms with van der Waals surface area (Å²) in [5.41, 5.74) is 4.58. The molecule has 4 aromatic rings. The largest absolute Gasteiger partial charge is 0.321 e. The summed E-state index contributed by atoms with van der Waals surface area (Å²) in [7, 11) is -3.42. The van der Waals surface area contributed by atoms with Crippen LogP contribution in [0.2, 0.25) is 0 Å². The van der Waals surface area contributed by atoms with Crippen molar-refractivity contribution < 1.29 is 13.2 Å². The van der Waals surface area contributed by atoms with Gasteiger partial charge >= 0.3 is 0 Å². The third-order valence-electron chi connectivity index (χ3n) is 5.80. The third kappa shape index (κ3) is 3.73. The van der Waals surface area contributed by atoms with E-state index in [2.05, 4.69) is 17.4 Å². The number of sulfone groups is 1. The highest BCUT2D eigenvalue weighted by molar-refractivity contribution is 7.90. The normalized spacial score (nSPS) is 12.8. The summed E-state index contributed by atoms with van der Waals surface area (Å²) in [6.07, 6.45) is 2.08. The van der Waals surface area contributed by atoms with Crippen LogP contribution < -0.4 is 5.32 Å². The zero-order valence-corrected chi connectivity index (χ0v) is 17.7. The number of anilines is 1. The van der Waals surface area contributed by atoms with Crippen LogP contribution >= 0.6 is 0 Å². The maximum atomic E-state index is 12.8. The third-order valence-corrected chi connectivity index (χ3v) is 7.50. The van der Waals surface area contributed by atoms with Gasteiger partial charge in [0.15, 0.2) is 9.84 Å². The quantitative estimate of drug-likeness (QED) is 0.478. The molecule has 4 nitrogen and oxygen atoms in total. The molecule has 5 heteroatoms. The van der Waals surface area contributed by atoms with Gasteiger partial charge < -0.3 is 5.32 Å². The Balaban J connectivity index is 1.35. The minimum Gasteiger partial charge on any atom is -0.321 e. The molecule has 0 saturated carbocycles. The smallest absolute Gasteiger partial charge is 0.255 e. The zero-order chi connectivity index (χ0) is 21.4. The molecule has 0 atom stereocenters. The van der Waals surface area contributed by atoms with Gasteiger partial charge in [0, 0.05) is 16.6 Å². The molecule has 0 heterocycles. The van der Waals surface area contributed by atoms with Gasteiger partial charge in [0.05, 0.1) is 10.6 Å². The van der Waals surface area contributed by atoms with Crippen LogP contribution in [-0.2, 0) is 28.4 Å². The molecule has 31 heavy (non-hydrogen) atoms. The molecule has 154 valence electrons. The lowest BCUT2D eigenvalue weighted by Crippen LogP contribution is -2.12. The first-order valence-electron chi connectivity index (χ1n) is 10.2. The molecule has 0 aromatic heterocycles. The van der Waals surface area contributed by atoms with Crippen molar-refractivity contribution in [3.63, 3.8) is 0 Å². The summed E-state index contributed by atoms with van der Waals surface area (Å²) >= 11 is 0. The number of aryl methyl sites for hydroxylation is 2. The molecule has 0 fully saturated rings. The van der Waals surface area contributed by atoms with E-state index in [0.29, 0.717) is 16.0 Å². The van der Waals surface area contributed by atoms with Crippen molar-refractivity contribution in [2.45, 2.75) is 23.5 Å². The van der Waals surface area contributed by atoms with Crippen LogP contribution in [-0.4, -0.2) is 14.3 Å². The Kier molecular flexibility index (Phi) is 4.83. The van der Waals surface area contributed by atoms with Crippen molar-refractivity contribution in [2.24, 2.45) is 0 Å². The molecular weight excluding hydrogens is 406 g/mol. The average Bonchev–Trinajstić information content (AvgIpc) is 3.21. The van der Waals surface area contributed by atoms with Gasteiger partial charge in [-0.25, -0.2) is 8.42 Å². The van der Waals surface area contributed by atoms with Crippen LogP contribution in [0.25, 0.3) is 10.8 Å². The average molecular weight is 428 g/mol. The molecule has 0 unspecified atom stereocenters. The summed E-state index contributed by atoms with van der Waals surface area (Å²) in [6.45, 7) is 0. The van der Waals surface area contributed by atoms with Crippen LogP contribution in [0, 0.1) is 0 Å². The van der Waals surface area contributed by atoms with Crippen LogP contribution in [0.4, 0.5) is 5.69 Å². The number of nitrogens with one attached hydrogen (secondary N) is 1. The van der Waals surface area contributed by atoms with Gasteiger partial charge in [-0.1, -0.05) is 54.6 Å². The first-order chi connectivity index (χ1) is 15.0. The van der Waals surface area contributed by atoms with E-state index in [0.717, 1.165) is 23.9 Å². The highest BCUT2D eigenvalue weighted by atomic mass is 32.2. The number of hydrogen-bond acceptors (Lipinski definition) is 3. The lowest BCUT2D eigenvalue weighted by molar-refractivity contribution is 0.102. The monoisotopic (exact) mass is 427 g/mol. The molecule has 1 aliphatic carbocycles. The van der Waals surface area contributed by atoms with Crippen molar-refractivity contribution in [1.29, 1.82) is 0 Å². The Bertz CT molecular complexity index is 1380. The summed E-state index contributed by atoms with van der Waals surface area (Å²) in [4.78, 5) is 13.1. The molecule has 0 aliphatic heterocycles. The summed E-state index contributed by atoms with van der Waals surface area (Å²) < 4.78 is 25.1. The highest BCUT2D eigenvalue weighted by Gasteiger charge is 2.18. The molecule has 0 bridgehead atoms. The first-order valence-corrected chi connectivity index (χ1v) is 11.9. The number of rotatable bonds is 5. The van der Waals surface area contributed by atoms with Crippen molar-refractivity contribution in [1.82, 2.24) is 0 Å². The van der Waals surface area contributed by atoms with E-state index >= 15 is 0 Å². The lowest BCUT2D eigenvalue weighted by Gasteiger charge is -2.11. The molecule has 1 N–H and O–H groups in total. The van der Waals surface area contributed by atoms with Gasteiger partial charge in [0.25, 0.3) is 5.91 Å². The second kappa shape index (κ2) is 7.67. The second-order valence-corrected chi connectivity index (χ2v) is 9.82. The van der Waals surface area contributed by atoms with Gasteiger partial charge in [-0.05, 0) is 65.3 Å². The zero-order valence-electron chi connectivity index (χ0n) is 16.8. The topological polar surface area (TPSA) is 63.2 Å². The van der Waals surface area contributed by atoms with Gasteiger partial charge in [0.2, 0.25) is 0 Å². The van der Waals surface area contributed by atoms with Crippen LogP contribution in [0.5, 0.6) is 0 Å². The lowest BCUT2D eigenvalue weighted by atomic mass is 10.0. The highest BCUT2D eigenvalue weighted by Crippen LogP contribution is 2.35. The van der Waals surface area contributed by atoms with Crippen molar-refractivity contribution in [2.75, 3.05) is 5.32 Å². The minimum atomic E-state index is -3.42. The van der Waals surface area contributed by atoms with Gasteiger partial charge in [0.1, 0.15) is 0 Å². The molecule has 4 aromatic carbocycles. The minimum absolute atomic E-state index is 0.103. The van der Waals surface area contributed by atoms with Crippen molar-refractivity contribution >= 4 is 32.2 Å². The summed E-state index contributed by atoms with van der Waals surface area (Å²) in [5, 5.41) is 5.33. The molecule has 1 aliphatic rings. The first kappa shape index (κ1) is 19.5. The van der Waals surface area contributed by atoms with Crippen LogP contribution in [0.15, 0.2) is 89.8 Å². The Morgan fingerprint density at radius 3 is 2.23 bits per heavy atom. The number of hydrogen-bond donors (Lipinski definition) is 1. The molecule has 1 amide bonds. The van der Waals surface area contributed by atoms with E-state index in [9.17, 15) is 13.2 Å². The number of benzene rings is 4. The Labute approximate surface area is 181 Å². The van der Waals surface area contributed by atoms with Crippen molar-refractivity contribution in [3.05, 3.63) is 107 Å². The maximum absolute atomic E-state index is 12.8. The fourth-order valence-electron chi connectivity index (χ4n) is 4.23. The molecule has 0 spiro atoms. The number of amides is 1. The Morgan fingerprint density at radius 1 is 0.774 bits per heavy atom. The van der Waals surface area contributed by atoms with Gasteiger partial charge in [-0.3, -0.25) is 4.79 Å². The standard InChI is InChI=1S/C26H21NO3S/c28-26(27-24-16-15-20-14-13-19-5-4-8-23(24)25(19)20)21-11-9-18(10-12-21)17-31(29,30)22-6-2-1-3-7-22/h1-12,15-16H,13-14,17H2,(H,27,28). The van der Waals surface area contributed by atoms with E-state index in [4.69, 9.17) is 0 Å². The fraction of sp³-hybridized carbons (Fsp3) is 0.115. The summed E-state index contributed by atoms with van der Waals surface area (Å²) in [6, 6.07) is 25.4. The number of carbonyl (C=O) groups is 1. The van der Waals surface area contributed by atoms with E-state index in [-0.39, 0.29) is 11.7 Å². The second-order valence-electron chi connectivity index (χ2n) is 7.84. The molecule has 5 rings (SSSR count). The maximum Gasteiger partial charge on any atom is 0.255 e. The molecular formula is C26H21NO3S.